The van der Waals surface area contributed by atoms with Gasteiger partial charge in [0.15, 0.2) is 0 Å². The number of para-hydroxylation sites is 1. The maximum Gasteiger partial charge on any atom is 0.243 e. The van der Waals surface area contributed by atoms with Crippen LogP contribution in [-0.4, -0.2) is 67.4 Å². The zero-order valence-corrected chi connectivity index (χ0v) is 20.3. The Kier molecular flexibility index (Phi) is 6.24. The molecule has 2 aromatic carbocycles. The summed E-state index contributed by atoms with van der Waals surface area (Å²) in [6, 6.07) is 16.5. The van der Waals surface area contributed by atoms with E-state index in [1.807, 2.05) is 43.3 Å². The molecule has 3 heterocycles. The fraction of sp³-hybridized carbons (Fsp3) is 0.360. The molecule has 3 aromatic rings. The Bertz CT molecular complexity index is 1270. The second kappa shape index (κ2) is 9.32. The van der Waals surface area contributed by atoms with Crippen molar-refractivity contribution in [3.8, 4) is 11.6 Å². The average Bonchev–Trinajstić information content (AvgIpc) is 2.85. The van der Waals surface area contributed by atoms with Crippen LogP contribution in [-0.2, 0) is 23.0 Å². The predicted molar refractivity (Wildman–Crippen MR) is 131 cm³/mol. The molecule has 34 heavy (non-hydrogen) atoms. The second-order valence-electron chi connectivity index (χ2n) is 8.86. The fourth-order valence-corrected chi connectivity index (χ4v) is 5.82. The summed E-state index contributed by atoms with van der Waals surface area (Å²) in [6.45, 7) is 6.01. The normalized spacial score (nSPS) is 17.4. The van der Waals surface area contributed by atoms with E-state index in [1.54, 1.807) is 18.2 Å². The Morgan fingerprint density at radius 1 is 0.912 bits per heavy atom. The number of hydrogen-bond donors (Lipinski definition) is 0. The van der Waals surface area contributed by atoms with Crippen molar-refractivity contribution in [2.24, 2.45) is 0 Å². The molecular weight excluding hydrogens is 450 g/mol. The lowest BCUT2D eigenvalue weighted by atomic mass is 10.1. The van der Waals surface area contributed by atoms with Gasteiger partial charge < -0.3 is 14.5 Å². The number of hydrogen-bond acceptors (Lipinski definition) is 7. The first-order valence-electron chi connectivity index (χ1n) is 11.5. The molecule has 0 bridgehead atoms. The molecule has 178 valence electrons. The molecule has 1 aromatic heterocycles. The standard InChI is InChI=1S/C25H29N5O3S/c1-19-7-6-10-21(17-19)34(31,32)30-12-11-23-22(18-30)24(33-20-8-4-3-5-9-20)27-25(26-23)29-15-13-28(2)14-16-29/h3-10,17H,11-16,18H2,1-2H3. The molecule has 2 aliphatic heterocycles. The van der Waals surface area contributed by atoms with Crippen LogP contribution in [0.1, 0.15) is 16.8 Å². The van der Waals surface area contributed by atoms with Crippen molar-refractivity contribution < 1.29 is 13.2 Å². The second-order valence-corrected chi connectivity index (χ2v) is 10.8. The summed E-state index contributed by atoms with van der Waals surface area (Å²) < 4.78 is 34.5. The van der Waals surface area contributed by atoms with Gasteiger partial charge in [-0.05, 0) is 43.8 Å². The quantitative estimate of drug-likeness (QED) is 0.556. The minimum Gasteiger partial charge on any atom is -0.439 e. The predicted octanol–water partition coefficient (Wildman–Crippen LogP) is 3.08. The molecule has 0 radical (unpaired) electrons. The summed E-state index contributed by atoms with van der Waals surface area (Å²) in [4.78, 5) is 14.4. The number of ether oxygens (including phenoxy) is 1. The molecular formula is C25H29N5O3S. The highest BCUT2D eigenvalue weighted by Gasteiger charge is 2.32. The van der Waals surface area contributed by atoms with Gasteiger partial charge in [-0.1, -0.05) is 30.3 Å². The van der Waals surface area contributed by atoms with E-state index in [4.69, 9.17) is 14.7 Å². The van der Waals surface area contributed by atoms with Gasteiger partial charge in [-0.2, -0.15) is 9.29 Å². The third-order valence-electron chi connectivity index (χ3n) is 6.35. The van der Waals surface area contributed by atoms with E-state index in [0.717, 1.165) is 43.0 Å². The minimum atomic E-state index is -3.65. The van der Waals surface area contributed by atoms with Gasteiger partial charge >= 0.3 is 0 Å². The van der Waals surface area contributed by atoms with Gasteiger partial charge in [0.1, 0.15) is 5.75 Å². The lowest BCUT2D eigenvalue weighted by Gasteiger charge is -2.34. The number of rotatable bonds is 5. The summed E-state index contributed by atoms with van der Waals surface area (Å²) in [6.07, 6.45) is 0.509. The molecule has 0 spiro atoms. The number of sulfonamides is 1. The summed E-state index contributed by atoms with van der Waals surface area (Å²) in [5.74, 6) is 1.73. The van der Waals surface area contributed by atoms with Crippen LogP contribution >= 0.6 is 0 Å². The molecule has 2 aliphatic rings. The highest BCUT2D eigenvalue weighted by Crippen LogP contribution is 2.33. The molecule has 0 amide bonds. The molecule has 1 fully saturated rings. The van der Waals surface area contributed by atoms with Crippen molar-refractivity contribution in [1.29, 1.82) is 0 Å². The van der Waals surface area contributed by atoms with Crippen molar-refractivity contribution >= 4 is 16.0 Å². The molecule has 5 rings (SSSR count). The van der Waals surface area contributed by atoms with Crippen molar-refractivity contribution in [3.63, 3.8) is 0 Å². The van der Waals surface area contributed by atoms with Gasteiger partial charge in [0.2, 0.25) is 21.9 Å². The summed E-state index contributed by atoms with van der Waals surface area (Å²) >= 11 is 0. The van der Waals surface area contributed by atoms with E-state index in [9.17, 15) is 8.42 Å². The lowest BCUT2D eigenvalue weighted by molar-refractivity contribution is 0.310. The third kappa shape index (κ3) is 4.64. The Morgan fingerprint density at radius 3 is 2.41 bits per heavy atom. The van der Waals surface area contributed by atoms with E-state index >= 15 is 0 Å². The van der Waals surface area contributed by atoms with Crippen molar-refractivity contribution in [2.75, 3.05) is 44.7 Å². The molecule has 1 saturated heterocycles. The van der Waals surface area contributed by atoms with Crippen LogP contribution in [0.3, 0.4) is 0 Å². The third-order valence-corrected chi connectivity index (χ3v) is 8.19. The zero-order chi connectivity index (χ0) is 23.7. The monoisotopic (exact) mass is 479 g/mol. The smallest absolute Gasteiger partial charge is 0.243 e. The Hall–Kier alpha value is -3.01. The number of aryl methyl sites for hydroxylation is 1. The highest BCUT2D eigenvalue weighted by atomic mass is 32.2. The Balaban J connectivity index is 1.50. The molecule has 0 N–H and O–H groups in total. The first kappa shape index (κ1) is 22.8. The number of anilines is 1. The number of aromatic nitrogens is 2. The maximum absolute atomic E-state index is 13.4. The van der Waals surface area contributed by atoms with Crippen LogP contribution in [0.2, 0.25) is 0 Å². The molecule has 0 atom stereocenters. The molecule has 0 unspecified atom stereocenters. The van der Waals surface area contributed by atoms with Gasteiger partial charge in [0.05, 0.1) is 16.2 Å². The van der Waals surface area contributed by atoms with Crippen LogP contribution in [0.15, 0.2) is 59.5 Å². The van der Waals surface area contributed by atoms with Gasteiger partial charge in [-0.25, -0.2) is 13.4 Å². The van der Waals surface area contributed by atoms with Crippen LogP contribution in [0, 0.1) is 6.92 Å². The van der Waals surface area contributed by atoms with E-state index < -0.39 is 10.0 Å². The van der Waals surface area contributed by atoms with Crippen LogP contribution in [0.4, 0.5) is 5.95 Å². The lowest BCUT2D eigenvalue weighted by Crippen LogP contribution is -2.45. The van der Waals surface area contributed by atoms with E-state index in [1.165, 1.54) is 4.31 Å². The van der Waals surface area contributed by atoms with Crippen molar-refractivity contribution in [2.45, 2.75) is 24.8 Å². The number of benzene rings is 2. The number of piperazine rings is 1. The number of likely N-dealkylation sites (N-methyl/N-ethyl adjacent to an activating group) is 1. The summed E-state index contributed by atoms with van der Waals surface area (Å²) in [5.41, 5.74) is 2.49. The SMILES string of the molecule is Cc1cccc(S(=O)(=O)N2CCc3nc(N4CCN(C)CC4)nc(Oc4ccccc4)c3C2)c1. The van der Waals surface area contributed by atoms with E-state index in [-0.39, 0.29) is 6.54 Å². The van der Waals surface area contributed by atoms with Gasteiger partial charge in [0, 0.05) is 45.7 Å². The number of nitrogens with zero attached hydrogens (tertiary/aromatic N) is 5. The fourth-order valence-electron chi connectivity index (χ4n) is 4.31. The van der Waals surface area contributed by atoms with Gasteiger partial charge in [-0.15, -0.1) is 0 Å². The number of fused-ring (bicyclic) bond motifs is 1. The van der Waals surface area contributed by atoms with Crippen molar-refractivity contribution in [1.82, 2.24) is 19.2 Å². The Labute approximate surface area is 200 Å². The zero-order valence-electron chi connectivity index (χ0n) is 19.5. The van der Waals surface area contributed by atoms with Crippen molar-refractivity contribution in [3.05, 3.63) is 71.4 Å². The highest BCUT2D eigenvalue weighted by molar-refractivity contribution is 7.89. The first-order chi connectivity index (χ1) is 16.4. The molecule has 9 heteroatoms. The van der Waals surface area contributed by atoms with Gasteiger partial charge in [-0.3, -0.25) is 0 Å². The van der Waals surface area contributed by atoms with Crippen LogP contribution < -0.4 is 9.64 Å². The average molecular weight is 480 g/mol. The van der Waals surface area contributed by atoms with Gasteiger partial charge in [0.25, 0.3) is 0 Å². The largest absolute Gasteiger partial charge is 0.439 e. The van der Waals surface area contributed by atoms with Crippen LogP contribution in [0.25, 0.3) is 0 Å². The Morgan fingerprint density at radius 2 is 1.68 bits per heavy atom. The van der Waals surface area contributed by atoms with E-state index in [2.05, 4.69) is 16.8 Å². The topological polar surface area (TPSA) is 78.9 Å². The van der Waals surface area contributed by atoms with E-state index in [0.29, 0.717) is 35.4 Å². The first-order valence-corrected chi connectivity index (χ1v) is 13.0. The summed E-state index contributed by atoms with van der Waals surface area (Å²) in [5, 5.41) is 0. The molecule has 0 aliphatic carbocycles. The van der Waals surface area contributed by atoms with Crippen LogP contribution in [0.5, 0.6) is 11.6 Å². The minimum absolute atomic E-state index is 0.177. The molecule has 8 nitrogen and oxygen atoms in total. The summed E-state index contributed by atoms with van der Waals surface area (Å²) in [7, 11) is -1.54. The maximum atomic E-state index is 13.4. The molecule has 0 saturated carbocycles.